The Morgan fingerprint density at radius 1 is 1.35 bits per heavy atom. The summed E-state index contributed by atoms with van der Waals surface area (Å²) in [6.07, 6.45) is 2.86. The van der Waals surface area contributed by atoms with Gasteiger partial charge in [0.05, 0.1) is 6.42 Å². The lowest BCUT2D eigenvalue weighted by molar-refractivity contribution is -0.123. The Morgan fingerprint density at radius 2 is 2.06 bits per heavy atom. The van der Waals surface area contributed by atoms with Crippen LogP contribution in [0.1, 0.15) is 43.8 Å². The minimum Gasteiger partial charge on any atom is -0.483 e. The van der Waals surface area contributed by atoms with Crippen LogP contribution in [0.3, 0.4) is 0 Å². The normalized spacial score (nSPS) is 14.3. The third kappa shape index (κ3) is 5.52. The van der Waals surface area contributed by atoms with Crippen molar-refractivity contribution in [1.29, 1.82) is 0 Å². The van der Waals surface area contributed by atoms with E-state index in [0.717, 1.165) is 50.2 Å². The van der Waals surface area contributed by atoms with Crippen molar-refractivity contribution in [1.82, 2.24) is 19.7 Å². The van der Waals surface area contributed by atoms with Crippen LogP contribution in [-0.4, -0.2) is 50.3 Å². The number of nitrogens with two attached hydrogens (primary N) is 1. The van der Waals surface area contributed by atoms with Gasteiger partial charge >= 0.3 is 0 Å². The summed E-state index contributed by atoms with van der Waals surface area (Å²) < 4.78 is 7.82. The van der Waals surface area contributed by atoms with E-state index < -0.39 is 5.91 Å². The Bertz CT molecular complexity index is 1040. The van der Waals surface area contributed by atoms with Gasteiger partial charge in [-0.2, -0.15) is 10.1 Å². The lowest BCUT2D eigenvalue weighted by Crippen LogP contribution is -2.34. The average molecular weight is 449 g/mol. The lowest BCUT2D eigenvalue weighted by Gasteiger charge is -2.30. The summed E-state index contributed by atoms with van der Waals surface area (Å²) >= 11 is 6.03. The third-order valence-corrected chi connectivity index (χ3v) is 5.22. The van der Waals surface area contributed by atoms with Crippen LogP contribution in [-0.2, 0) is 22.6 Å². The second-order valence-corrected chi connectivity index (χ2v) is 7.66. The molecule has 4 rings (SSSR count). The van der Waals surface area contributed by atoms with E-state index in [1.807, 2.05) is 16.8 Å². The number of carbonyl (C=O) groups is 2. The highest BCUT2D eigenvalue weighted by Gasteiger charge is 2.27. The SMILES string of the molecule is CCCn1nc(CC(N)=O)nc1C1CCN(c2nc3ccc(Cl)cc3o2)CC1.O=CO. The number of piperidine rings is 1. The number of amides is 1. The van der Waals surface area contributed by atoms with Crippen LogP contribution >= 0.6 is 11.6 Å². The number of aryl methyl sites for hydroxylation is 1. The number of oxazole rings is 1. The summed E-state index contributed by atoms with van der Waals surface area (Å²) in [7, 11) is 0. The van der Waals surface area contributed by atoms with Crippen LogP contribution in [0.4, 0.5) is 6.01 Å². The van der Waals surface area contributed by atoms with Gasteiger partial charge in [-0.1, -0.05) is 18.5 Å². The first-order chi connectivity index (χ1) is 14.9. The molecule has 0 spiro atoms. The zero-order valence-electron chi connectivity index (χ0n) is 17.2. The van der Waals surface area contributed by atoms with Gasteiger partial charge in [0.15, 0.2) is 11.4 Å². The van der Waals surface area contributed by atoms with Gasteiger partial charge in [0.2, 0.25) is 5.91 Å². The molecule has 166 valence electrons. The molecule has 1 saturated heterocycles. The van der Waals surface area contributed by atoms with E-state index in [1.54, 1.807) is 6.07 Å². The fourth-order valence-electron chi connectivity index (χ4n) is 3.66. The molecule has 1 aliphatic rings. The van der Waals surface area contributed by atoms with E-state index in [1.165, 1.54) is 0 Å². The molecule has 0 saturated carbocycles. The number of carboxylic acid groups (broad SMARTS) is 1. The number of hydrogen-bond donors (Lipinski definition) is 2. The number of rotatable bonds is 6. The van der Waals surface area contributed by atoms with Crippen LogP contribution in [0.25, 0.3) is 11.1 Å². The zero-order chi connectivity index (χ0) is 22.4. The van der Waals surface area contributed by atoms with Crippen molar-refractivity contribution in [3.63, 3.8) is 0 Å². The van der Waals surface area contributed by atoms with Crippen molar-refractivity contribution in [2.24, 2.45) is 5.73 Å². The third-order valence-electron chi connectivity index (χ3n) is 4.98. The zero-order valence-corrected chi connectivity index (χ0v) is 18.0. The summed E-state index contributed by atoms with van der Waals surface area (Å²) in [6.45, 7) is 4.26. The summed E-state index contributed by atoms with van der Waals surface area (Å²) in [6, 6.07) is 6.09. The Balaban J connectivity index is 0.000000858. The highest BCUT2D eigenvalue weighted by molar-refractivity contribution is 6.31. The quantitative estimate of drug-likeness (QED) is 0.548. The van der Waals surface area contributed by atoms with Crippen LogP contribution in [0.5, 0.6) is 0 Å². The molecule has 0 radical (unpaired) electrons. The second-order valence-electron chi connectivity index (χ2n) is 7.23. The van der Waals surface area contributed by atoms with Gasteiger partial charge < -0.3 is 20.2 Å². The average Bonchev–Trinajstić information content (AvgIpc) is 3.32. The summed E-state index contributed by atoms with van der Waals surface area (Å²) in [5.41, 5.74) is 6.80. The molecule has 3 heterocycles. The number of primary amides is 1. The van der Waals surface area contributed by atoms with Crippen molar-refractivity contribution in [2.75, 3.05) is 18.0 Å². The molecule has 1 aromatic carbocycles. The topological polar surface area (TPSA) is 140 Å². The first kappa shape index (κ1) is 22.5. The minimum atomic E-state index is -0.411. The lowest BCUT2D eigenvalue weighted by atomic mass is 9.96. The standard InChI is InChI=1S/C19H23ClN6O2.CH2O2/c1-2-7-26-18(23-17(24-26)11-16(21)27)12-5-8-25(9-6-12)19-22-14-4-3-13(20)10-15(14)28-19;2-1-3/h3-4,10,12H,2,5-9,11H2,1H3,(H2,21,27);1H,(H,2,3). The molecule has 3 aromatic rings. The van der Waals surface area contributed by atoms with E-state index in [0.29, 0.717) is 22.4 Å². The molecule has 0 aliphatic carbocycles. The molecule has 0 atom stereocenters. The van der Waals surface area contributed by atoms with Crippen molar-refractivity contribution in [3.8, 4) is 0 Å². The monoisotopic (exact) mass is 448 g/mol. The van der Waals surface area contributed by atoms with E-state index in [4.69, 9.17) is 31.7 Å². The predicted octanol–water partition coefficient (Wildman–Crippen LogP) is 2.60. The number of benzene rings is 1. The smallest absolute Gasteiger partial charge is 0.298 e. The van der Waals surface area contributed by atoms with Crippen LogP contribution in [0.2, 0.25) is 5.02 Å². The molecular weight excluding hydrogens is 424 g/mol. The van der Waals surface area contributed by atoms with Gasteiger partial charge in [0, 0.05) is 36.6 Å². The summed E-state index contributed by atoms with van der Waals surface area (Å²) in [4.78, 5) is 30.9. The first-order valence-corrected chi connectivity index (χ1v) is 10.4. The fraction of sp³-hybridized carbons (Fsp3) is 0.450. The molecular formula is C20H25ClN6O4. The number of aromatic nitrogens is 4. The highest BCUT2D eigenvalue weighted by atomic mass is 35.5. The van der Waals surface area contributed by atoms with Gasteiger partial charge in [-0.25, -0.2) is 9.67 Å². The number of fused-ring (bicyclic) bond motifs is 1. The summed E-state index contributed by atoms with van der Waals surface area (Å²) in [5, 5.41) is 12.0. The van der Waals surface area contributed by atoms with Gasteiger partial charge in [-0.3, -0.25) is 9.59 Å². The molecule has 1 amide bonds. The van der Waals surface area contributed by atoms with Gasteiger partial charge in [-0.15, -0.1) is 0 Å². The van der Waals surface area contributed by atoms with Crippen molar-refractivity contribution in [3.05, 3.63) is 34.9 Å². The van der Waals surface area contributed by atoms with E-state index >= 15 is 0 Å². The maximum Gasteiger partial charge on any atom is 0.298 e. The minimum absolute atomic E-state index is 0.0774. The molecule has 1 aliphatic heterocycles. The highest BCUT2D eigenvalue weighted by Crippen LogP contribution is 2.31. The Kier molecular flexibility index (Phi) is 7.45. The van der Waals surface area contributed by atoms with Crippen molar-refractivity contribution >= 4 is 41.1 Å². The molecule has 2 aromatic heterocycles. The van der Waals surface area contributed by atoms with Crippen molar-refractivity contribution < 1.29 is 19.1 Å². The number of hydrogen-bond acceptors (Lipinski definition) is 7. The maximum atomic E-state index is 11.2. The maximum absolute atomic E-state index is 11.2. The Labute approximate surface area is 184 Å². The van der Waals surface area contributed by atoms with E-state index in [-0.39, 0.29) is 18.8 Å². The van der Waals surface area contributed by atoms with E-state index in [2.05, 4.69) is 26.9 Å². The van der Waals surface area contributed by atoms with Gasteiger partial charge in [0.25, 0.3) is 12.5 Å². The van der Waals surface area contributed by atoms with Gasteiger partial charge in [-0.05, 0) is 31.4 Å². The fourth-order valence-corrected chi connectivity index (χ4v) is 3.82. The molecule has 11 heteroatoms. The predicted molar refractivity (Wildman–Crippen MR) is 115 cm³/mol. The number of carbonyl (C=O) groups excluding carboxylic acids is 1. The van der Waals surface area contributed by atoms with Gasteiger partial charge in [0.1, 0.15) is 11.3 Å². The number of anilines is 1. The van der Waals surface area contributed by atoms with Crippen LogP contribution < -0.4 is 10.6 Å². The molecule has 31 heavy (non-hydrogen) atoms. The molecule has 10 nitrogen and oxygen atoms in total. The van der Waals surface area contributed by atoms with Crippen molar-refractivity contribution in [2.45, 2.75) is 45.1 Å². The first-order valence-electron chi connectivity index (χ1n) is 10.1. The van der Waals surface area contributed by atoms with Crippen LogP contribution in [0.15, 0.2) is 22.6 Å². The second kappa shape index (κ2) is 10.3. The molecule has 0 unspecified atom stereocenters. The Hall–Kier alpha value is -3.14. The largest absolute Gasteiger partial charge is 0.483 e. The number of nitrogens with zero attached hydrogens (tertiary/aromatic N) is 5. The van der Waals surface area contributed by atoms with E-state index in [9.17, 15) is 4.79 Å². The Morgan fingerprint density at radius 3 is 2.71 bits per heavy atom. The number of halogens is 1. The summed E-state index contributed by atoms with van der Waals surface area (Å²) in [5.74, 6) is 1.33. The van der Waals surface area contributed by atoms with Crippen LogP contribution in [0, 0.1) is 0 Å². The molecule has 0 bridgehead atoms. The molecule has 3 N–H and O–H groups in total. The molecule has 1 fully saturated rings.